The highest BCUT2D eigenvalue weighted by Crippen LogP contribution is 2.27. The minimum atomic E-state index is -0.462. The lowest BCUT2D eigenvalue weighted by molar-refractivity contribution is -0.384. The molecular formula is C21H19N5O3. The molecule has 0 aliphatic rings. The van der Waals surface area contributed by atoms with Gasteiger partial charge in [-0.25, -0.2) is 4.98 Å². The van der Waals surface area contributed by atoms with Crippen LogP contribution in [0, 0.1) is 10.1 Å². The van der Waals surface area contributed by atoms with Crippen LogP contribution in [0.15, 0.2) is 74.0 Å². The van der Waals surface area contributed by atoms with Crippen LogP contribution in [0.5, 0.6) is 11.6 Å². The summed E-state index contributed by atoms with van der Waals surface area (Å²) in [6.45, 7) is 8.15. The zero-order chi connectivity index (χ0) is 20.6. The molecule has 29 heavy (non-hydrogen) atoms. The summed E-state index contributed by atoms with van der Waals surface area (Å²) in [5, 5.41) is 17.1. The molecule has 2 aromatic carbocycles. The van der Waals surface area contributed by atoms with E-state index in [2.05, 4.69) is 33.8 Å². The van der Waals surface area contributed by atoms with Gasteiger partial charge in [-0.1, -0.05) is 24.8 Å². The second kappa shape index (κ2) is 9.14. The number of hydrogen-bond donors (Lipinski definition) is 2. The number of hydrogen-bond acceptors (Lipinski definition) is 7. The summed E-state index contributed by atoms with van der Waals surface area (Å²) >= 11 is 0. The Morgan fingerprint density at radius 3 is 2.79 bits per heavy atom. The summed E-state index contributed by atoms with van der Waals surface area (Å²) < 4.78 is 5.83. The molecule has 0 unspecified atom stereocenters. The Labute approximate surface area is 167 Å². The number of nitrogens with one attached hydrogen (secondary N) is 2. The maximum Gasteiger partial charge on any atom is 0.271 e. The molecule has 3 rings (SSSR count). The van der Waals surface area contributed by atoms with Gasteiger partial charge >= 0.3 is 0 Å². The first-order chi connectivity index (χ1) is 14.1. The average molecular weight is 389 g/mol. The van der Waals surface area contributed by atoms with E-state index < -0.39 is 4.92 Å². The van der Waals surface area contributed by atoms with Gasteiger partial charge in [-0.3, -0.25) is 10.1 Å². The zero-order valence-corrected chi connectivity index (χ0v) is 15.5. The zero-order valence-electron chi connectivity index (χ0n) is 15.5. The van der Waals surface area contributed by atoms with Crippen molar-refractivity contribution in [2.24, 2.45) is 0 Å². The van der Waals surface area contributed by atoms with E-state index in [-0.39, 0.29) is 11.6 Å². The number of non-ortho nitro benzene ring substituents is 1. The molecule has 0 saturated carbocycles. The van der Waals surface area contributed by atoms with Crippen LogP contribution in [-0.2, 0) is 0 Å². The van der Waals surface area contributed by atoms with Crippen molar-refractivity contribution in [3.05, 3.63) is 89.6 Å². The van der Waals surface area contributed by atoms with Gasteiger partial charge < -0.3 is 15.4 Å². The van der Waals surface area contributed by atoms with E-state index in [1.165, 1.54) is 18.3 Å². The summed E-state index contributed by atoms with van der Waals surface area (Å²) in [5.74, 6) is 1.18. The monoisotopic (exact) mass is 389 g/mol. The van der Waals surface area contributed by atoms with Gasteiger partial charge in [-0.05, 0) is 24.3 Å². The highest BCUT2D eigenvalue weighted by molar-refractivity contribution is 5.67. The summed E-state index contributed by atoms with van der Waals surface area (Å²) in [4.78, 5) is 18.9. The van der Waals surface area contributed by atoms with E-state index in [4.69, 9.17) is 4.74 Å². The molecule has 0 radical (unpaired) electrons. The molecular weight excluding hydrogens is 370 g/mol. The van der Waals surface area contributed by atoms with E-state index in [1.54, 1.807) is 30.4 Å². The molecule has 0 bridgehead atoms. The van der Waals surface area contributed by atoms with Crippen LogP contribution in [0.4, 0.5) is 23.0 Å². The second-order valence-electron chi connectivity index (χ2n) is 5.88. The summed E-state index contributed by atoms with van der Waals surface area (Å²) in [5.41, 5.74) is 2.28. The first kappa shape index (κ1) is 19.6. The SMILES string of the molecule is C=CCNc1ccc(Oc2ccnc(Nc3cccc([N+](=O)[O-])c3)n2)cc1C=C. The molecule has 1 heterocycles. The third-order valence-electron chi connectivity index (χ3n) is 3.85. The highest BCUT2D eigenvalue weighted by atomic mass is 16.6. The first-order valence-electron chi connectivity index (χ1n) is 8.72. The summed E-state index contributed by atoms with van der Waals surface area (Å²) in [6, 6.07) is 13.3. The average Bonchev–Trinajstić information content (AvgIpc) is 2.73. The number of ether oxygens (including phenoxy) is 1. The summed E-state index contributed by atoms with van der Waals surface area (Å²) in [7, 11) is 0. The third-order valence-corrected chi connectivity index (χ3v) is 3.85. The minimum absolute atomic E-state index is 0.0236. The molecule has 8 heteroatoms. The molecule has 0 aliphatic carbocycles. The van der Waals surface area contributed by atoms with Crippen molar-refractivity contribution >= 4 is 29.1 Å². The summed E-state index contributed by atoms with van der Waals surface area (Å²) in [6.07, 6.45) is 5.04. The van der Waals surface area contributed by atoms with E-state index >= 15 is 0 Å². The van der Waals surface area contributed by atoms with Gasteiger partial charge in [-0.15, -0.1) is 6.58 Å². The quantitative estimate of drug-likeness (QED) is 0.296. The van der Waals surface area contributed by atoms with Crippen LogP contribution in [0.1, 0.15) is 5.56 Å². The van der Waals surface area contributed by atoms with E-state index in [1.807, 2.05) is 18.2 Å². The Bertz CT molecular complexity index is 1050. The van der Waals surface area contributed by atoms with Crippen LogP contribution in [0.25, 0.3) is 6.08 Å². The smallest absolute Gasteiger partial charge is 0.271 e. The van der Waals surface area contributed by atoms with Crippen molar-refractivity contribution in [2.75, 3.05) is 17.2 Å². The molecule has 0 fully saturated rings. The van der Waals surface area contributed by atoms with Crippen LogP contribution in [0.3, 0.4) is 0 Å². The maximum absolute atomic E-state index is 10.9. The molecule has 0 amide bonds. The van der Waals surface area contributed by atoms with E-state index in [9.17, 15) is 10.1 Å². The second-order valence-corrected chi connectivity index (χ2v) is 5.88. The predicted octanol–water partition coefficient (Wildman–Crippen LogP) is 5.16. The number of rotatable bonds is 9. The Kier molecular flexibility index (Phi) is 6.16. The van der Waals surface area contributed by atoms with Gasteiger partial charge in [0.05, 0.1) is 4.92 Å². The van der Waals surface area contributed by atoms with Crippen LogP contribution in [0.2, 0.25) is 0 Å². The van der Waals surface area contributed by atoms with Crippen molar-refractivity contribution < 1.29 is 9.66 Å². The van der Waals surface area contributed by atoms with Gasteiger partial charge in [0.1, 0.15) is 5.75 Å². The van der Waals surface area contributed by atoms with Crippen molar-refractivity contribution in [1.29, 1.82) is 0 Å². The van der Waals surface area contributed by atoms with Gasteiger partial charge in [0.15, 0.2) is 0 Å². The largest absolute Gasteiger partial charge is 0.439 e. The van der Waals surface area contributed by atoms with Crippen molar-refractivity contribution in [3.8, 4) is 11.6 Å². The highest BCUT2D eigenvalue weighted by Gasteiger charge is 2.08. The predicted molar refractivity (Wildman–Crippen MR) is 114 cm³/mol. The number of nitrogens with zero attached hydrogens (tertiary/aromatic N) is 3. The molecule has 0 atom stereocenters. The molecule has 0 saturated heterocycles. The normalized spacial score (nSPS) is 10.1. The van der Waals surface area contributed by atoms with E-state index in [0.29, 0.717) is 23.9 Å². The number of nitro benzene ring substituents is 1. The van der Waals surface area contributed by atoms with Crippen LogP contribution in [-0.4, -0.2) is 21.4 Å². The topological polar surface area (TPSA) is 102 Å². The van der Waals surface area contributed by atoms with Crippen LogP contribution >= 0.6 is 0 Å². The van der Waals surface area contributed by atoms with Crippen molar-refractivity contribution in [3.63, 3.8) is 0 Å². The molecule has 3 aromatic rings. The molecule has 0 spiro atoms. The molecule has 146 valence electrons. The lowest BCUT2D eigenvalue weighted by atomic mass is 10.1. The number of nitro groups is 1. The Hall–Kier alpha value is -4.20. The Morgan fingerprint density at radius 1 is 1.17 bits per heavy atom. The fourth-order valence-electron chi connectivity index (χ4n) is 2.52. The number of anilines is 3. The standard InChI is InChI=1S/C21H19N5O3/c1-3-11-22-19-9-8-18(13-15(19)4-2)29-20-10-12-23-21(25-20)24-16-6-5-7-17(14-16)26(27)28/h3-10,12-14,22H,1-2,11H2,(H,23,24,25). The van der Waals surface area contributed by atoms with Crippen LogP contribution < -0.4 is 15.4 Å². The van der Waals surface area contributed by atoms with Gasteiger partial charge in [0, 0.05) is 47.9 Å². The molecule has 8 nitrogen and oxygen atoms in total. The lowest BCUT2D eigenvalue weighted by Gasteiger charge is -2.11. The molecule has 2 N–H and O–H groups in total. The maximum atomic E-state index is 10.9. The fourth-order valence-corrected chi connectivity index (χ4v) is 2.52. The number of benzene rings is 2. The van der Waals surface area contributed by atoms with Crippen molar-refractivity contribution in [2.45, 2.75) is 0 Å². The third kappa shape index (κ3) is 5.16. The Morgan fingerprint density at radius 2 is 2.03 bits per heavy atom. The molecule has 1 aromatic heterocycles. The lowest BCUT2D eigenvalue weighted by Crippen LogP contribution is -2.01. The van der Waals surface area contributed by atoms with Gasteiger partial charge in [0.25, 0.3) is 5.69 Å². The first-order valence-corrected chi connectivity index (χ1v) is 8.72. The van der Waals surface area contributed by atoms with Crippen molar-refractivity contribution in [1.82, 2.24) is 9.97 Å². The van der Waals surface area contributed by atoms with Gasteiger partial charge in [0.2, 0.25) is 11.8 Å². The van der Waals surface area contributed by atoms with E-state index in [0.717, 1.165) is 11.3 Å². The Balaban J connectivity index is 1.76. The minimum Gasteiger partial charge on any atom is -0.439 e. The fraction of sp³-hybridized carbons (Fsp3) is 0.0476. The number of aromatic nitrogens is 2. The van der Waals surface area contributed by atoms with Gasteiger partial charge in [-0.2, -0.15) is 4.98 Å². The molecule has 0 aliphatic heterocycles.